The lowest BCUT2D eigenvalue weighted by Gasteiger charge is -2.05. The SMILES string of the molecule is Nc1ccnc2ccc(-c3cccc(Br)c3)nc12. The first-order valence-electron chi connectivity index (χ1n) is 5.51. The maximum atomic E-state index is 5.92. The molecule has 0 aliphatic carbocycles. The van der Waals surface area contributed by atoms with Gasteiger partial charge >= 0.3 is 0 Å². The van der Waals surface area contributed by atoms with Gasteiger partial charge in [-0.15, -0.1) is 0 Å². The van der Waals surface area contributed by atoms with Crippen LogP contribution in [0.4, 0.5) is 5.69 Å². The molecule has 3 aromatic rings. The maximum Gasteiger partial charge on any atom is 0.112 e. The van der Waals surface area contributed by atoms with Gasteiger partial charge in [-0.3, -0.25) is 4.98 Å². The fraction of sp³-hybridized carbons (Fsp3) is 0. The van der Waals surface area contributed by atoms with Crippen LogP contribution in [0.5, 0.6) is 0 Å². The zero-order valence-corrected chi connectivity index (χ0v) is 11.1. The largest absolute Gasteiger partial charge is 0.397 e. The van der Waals surface area contributed by atoms with Gasteiger partial charge in [0.2, 0.25) is 0 Å². The van der Waals surface area contributed by atoms with E-state index in [1.54, 1.807) is 12.3 Å². The molecule has 0 unspecified atom stereocenters. The molecule has 2 heterocycles. The Morgan fingerprint density at radius 2 is 1.94 bits per heavy atom. The first-order valence-corrected chi connectivity index (χ1v) is 6.30. The van der Waals surface area contributed by atoms with E-state index >= 15 is 0 Å². The highest BCUT2D eigenvalue weighted by atomic mass is 79.9. The van der Waals surface area contributed by atoms with E-state index in [4.69, 9.17) is 5.73 Å². The first-order chi connectivity index (χ1) is 8.74. The van der Waals surface area contributed by atoms with Crippen molar-refractivity contribution in [1.82, 2.24) is 9.97 Å². The van der Waals surface area contributed by atoms with Gasteiger partial charge in [-0.2, -0.15) is 0 Å². The number of fused-ring (bicyclic) bond motifs is 1. The molecule has 0 amide bonds. The predicted molar refractivity (Wildman–Crippen MR) is 77.1 cm³/mol. The molecule has 3 rings (SSSR count). The summed E-state index contributed by atoms with van der Waals surface area (Å²) in [6.45, 7) is 0. The molecule has 0 saturated heterocycles. The smallest absolute Gasteiger partial charge is 0.112 e. The Hall–Kier alpha value is -1.94. The number of hydrogen-bond donors (Lipinski definition) is 1. The van der Waals surface area contributed by atoms with Gasteiger partial charge in [-0.1, -0.05) is 28.1 Å². The minimum Gasteiger partial charge on any atom is -0.397 e. The standard InChI is InChI=1S/C14H10BrN3/c15-10-3-1-2-9(8-10)12-4-5-13-14(18-12)11(16)6-7-17-13/h1-8H,(H2,16,17). The van der Waals surface area contributed by atoms with Crippen LogP contribution >= 0.6 is 15.9 Å². The molecular formula is C14H10BrN3. The number of anilines is 1. The zero-order chi connectivity index (χ0) is 12.5. The van der Waals surface area contributed by atoms with E-state index in [1.807, 2.05) is 36.4 Å². The monoisotopic (exact) mass is 299 g/mol. The number of nitrogens with zero attached hydrogens (tertiary/aromatic N) is 2. The van der Waals surface area contributed by atoms with Crippen LogP contribution in [0.25, 0.3) is 22.3 Å². The van der Waals surface area contributed by atoms with Crippen LogP contribution in [0.1, 0.15) is 0 Å². The van der Waals surface area contributed by atoms with Gasteiger partial charge in [0.25, 0.3) is 0 Å². The van der Waals surface area contributed by atoms with Gasteiger partial charge in [0.05, 0.1) is 16.9 Å². The Kier molecular flexibility index (Phi) is 2.72. The Morgan fingerprint density at radius 1 is 1.06 bits per heavy atom. The molecule has 0 fully saturated rings. The molecule has 2 N–H and O–H groups in total. The molecule has 0 atom stereocenters. The topological polar surface area (TPSA) is 51.8 Å². The van der Waals surface area contributed by atoms with Crippen LogP contribution in [0.3, 0.4) is 0 Å². The predicted octanol–water partition coefficient (Wildman–Crippen LogP) is 3.64. The minimum absolute atomic E-state index is 0.650. The van der Waals surface area contributed by atoms with Crippen molar-refractivity contribution in [2.24, 2.45) is 0 Å². The number of rotatable bonds is 1. The van der Waals surface area contributed by atoms with Crippen molar-refractivity contribution >= 4 is 32.7 Å². The summed E-state index contributed by atoms with van der Waals surface area (Å²) in [6, 6.07) is 13.7. The minimum atomic E-state index is 0.650. The third kappa shape index (κ3) is 1.95. The van der Waals surface area contributed by atoms with Crippen molar-refractivity contribution in [3.8, 4) is 11.3 Å². The molecule has 0 spiro atoms. The Labute approximate surface area is 113 Å². The second-order valence-electron chi connectivity index (χ2n) is 3.97. The van der Waals surface area contributed by atoms with E-state index in [2.05, 4.69) is 25.9 Å². The Balaban J connectivity index is 2.22. The number of nitrogen functional groups attached to an aromatic ring is 1. The highest BCUT2D eigenvalue weighted by molar-refractivity contribution is 9.10. The molecule has 0 bridgehead atoms. The summed E-state index contributed by atoms with van der Waals surface area (Å²) < 4.78 is 1.03. The number of hydrogen-bond acceptors (Lipinski definition) is 3. The average molecular weight is 300 g/mol. The number of halogens is 1. The fourth-order valence-electron chi connectivity index (χ4n) is 1.85. The molecule has 18 heavy (non-hydrogen) atoms. The lowest BCUT2D eigenvalue weighted by atomic mass is 10.1. The lowest BCUT2D eigenvalue weighted by Crippen LogP contribution is -1.93. The molecule has 1 aromatic carbocycles. The summed E-state index contributed by atoms with van der Waals surface area (Å²) in [4.78, 5) is 8.82. The van der Waals surface area contributed by atoms with Crippen molar-refractivity contribution in [2.45, 2.75) is 0 Å². The molecular weight excluding hydrogens is 290 g/mol. The average Bonchev–Trinajstić information content (AvgIpc) is 2.39. The second-order valence-corrected chi connectivity index (χ2v) is 4.89. The summed E-state index contributed by atoms with van der Waals surface area (Å²) in [6.07, 6.45) is 1.69. The molecule has 0 aliphatic heterocycles. The highest BCUT2D eigenvalue weighted by Crippen LogP contribution is 2.24. The quantitative estimate of drug-likeness (QED) is 0.746. The van der Waals surface area contributed by atoms with Crippen LogP contribution in [0.2, 0.25) is 0 Å². The Bertz CT molecular complexity index is 725. The summed E-state index contributed by atoms with van der Waals surface area (Å²) in [5.74, 6) is 0. The van der Waals surface area contributed by atoms with Crippen molar-refractivity contribution in [3.05, 3.63) is 53.1 Å². The van der Waals surface area contributed by atoms with Gasteiger partial charge in [0, 0.05) is 16.2 Å². The maximum absolute atomic E-state index is 5.92. The summed E-state index contributed by atoms with van der Waals surface area (Å²) in [5.41, 5.74) is 10.1. The van der Waals surface area contributed by atoms with E-state index in [-0.39, 0.29) is 0 Å². The molecule has 4 heteroatoms. The molecule has 2 aromatic heterocycles. The van der Waals surface area contributed by atoms with Crippen LogP contribution in [-0.2, 0) is 0 Å². The number of pyridine rings is 2. The van der Waals surface area contributed by atoms with E-state index in [0.717, 1.165) is 26.8 Å². The van der Waals surface area contributed by atoms with Gasteiger partial charge in [0.1, 0.15) is 5.52 Å². The van der Waals surface area contributed by atoms with Crippen molar-refractivity contribution in [2.75, 3.05) is 5.73 Å². The van der Waals surface area contributed by atoms with E-state index < -0.39 is 0 Å². The summed E-state index contributed by atoms with van der Waals surface area (Å²) in [7, 11) is 0. The van der Waals surface area contributed by atoms with Crippen LogP contribution in [0.15, 0.2) is 53.1 Å². The van der Waals surface area contributed by atoms with Gasteiger partial charge < -0.3 is 5.73 Å². The molecule has 3 nitrogen and oxygen atoms in total. The van der Waals surface area contributed by atoms with Crippen molar-refractivity contribution in [1.29, 1.82) is 0 Å². The van der Waals surface area contributed by atoms with E-state index in [0.29, 0.717) is 5.69 Å². The Morgan fingerprint density at radius 3 is 2.78 bits per heavy atom. The zero-order valence-electron chi connectivity index (χ0n) is 9.47. The third-order valence-electron chi connectivity index (χ3n) is 2.74. The highest BCUT2D eigenvalue weighted by Gasteiger charge is 2.04. The number of nitrogens with two attached hydrogens (primary N) is 1. The first kappa shape index (κ1) is 11.2. The second kappa shape index (κ2) is 4.38. The number of aromatic nitrogens is 2. The summed E-state index contributed by atoms with van der Waals surface area (Å²) in [5, 5.41) is 0. The molecule has 88 valence electrons. The van der Waals surface area contributed by atoms with Crippen LogP contribution < -0.4 is 5.73 Å². The van der Waals surface area contributed by atoms with Crippen molar-refractivity contribution in [3.63, 3.8) is 0 Å². The van der Waals surface area contributed by atoms with E-state index in [1.165, 1.54) is 0 Å². The lowest BCUT2D eigenvalue weighted by molar-refractivity contribution is 1.33. The van der Waals surface area contributed by atoms with Gasteiger partial charge in [-0.25, -0.2) is 4.98 Å². The van der Waals surface area contributed by atoms with Crippen LogP contribution in [-0.4, -0.2) is 9.97 Å². The normalized spacial score (nSPS) is 10.7. The van der Waals surface area contributed by atoms with E-state index in [9.17, 15) is 0 Å². The summed E-state index contributed by atoms with van der Waals surface area (Å²) >= 11 is 3.46. The molecule has 0 saturated carbocycles. The van der Waals surface area contributed by atoms with Crippen LogP contribution in [0, 0.1) is 0 Å². The van der Waals surface area contributed by atoms with Crippen molar-refractivity contribution < 1.29 is 0 Å². The number of benzene rings is 1. The van der Waals surface area contributed by atoms with Gasteiger partial charge in [0.15, 0.2) is 0 Å². The van der Waals surface area contributed by atoms with Gasteiger partial charge in [-0.05, 0) is 30.3 Å². The fourth-order valence-corrected chi connectivity index (χ4v) is 2.25. The molecule has 0 aliphatic rings. The third-order valence-corrected chi connectivity index (χ3v) is 3.23. The molecule has 0 radical (unpaired) electrons.